The van der Waals surface area contributed by atoms with E-state index >= 15 is 0 Å². The third-order valence-corrected chi connectivity index (χ3v) is 9.52. The number of imide groups is 1. The molecule has 2 amide bonds. The third kappa shape index (κ3) is 4.39. The zero-order valence-corrected chi connectivity index (χ0v) is 24.7. The summed E-state index contributed by atoms with van der Waals surface area (Å²) in [5, 5.41) is 10.6. The number of hydrogen-bond acceptors (Lipinski definition) is 7. The lowest BCUT2D eigenvalue weighted by Gasteiger charge is -2.42. The summed E-state index contributed by atoms with van der Waals surface area (Å²) in [6, 6.07) is 20.2. The van der Waals surface area contributed by atoms with Crippen molar-refractivity contribution < 1.29 is 33.8 Å². The average molecular weight is 600 g/mol. The summed E-state index contributed by atoms with van der Waals surface area (Å²) in [6.07, 6.45) is 3.72. The standard InChI is InChI=1S/C37H29NO7/c1-19-16-28(39)27-18-26-24(31(33(27)34(19)41)22-10-15-30(45-2)29(40)17-22)13-14-25-32(26)37(44)38(36(25)43)23-11-8-21(9-12-23)35(42)20-6-4-3-5-7-20/h3-13,15-17,25-26,31-32,40H,14,18H2,1-2H3/t25-,26+,31-,32-/m0/s1. The normalized spacial score (nSPS) is 24.1. The molecule has 4 aliphatic rings. The van der Waals surface area contributed by atoms with E-state index in [0.717, 1.165) is 5.57 Å². The number of ether oxygens (including phenoxy) is 1. The zero-order chi connectivity index (χ0) is 31.6. The lowest BCUT2D eigenvalue weighted by Crippen LogP contribution is -2.39. The maximum Gasteiger partial charge on any atom is 0.238 e. The smallest absolute Gasteiger partial charge is 0.238 e. The van der Waals surface area contributed by atoms with Crippen molar-refractivity contribution >= 4 is 34.9 Å². The van der Waals surface area contributed by atoms with Gasteiger partial charge in [0.25, 0.3) is 0 Å². The number of fused-ring (bicyclic) bond motifs is 3. The van der Waals surface area contributed by atoms with Crippen LogP contribution in [0, 0.1) is 17.8 Å². The fourth-order valence-electron chi connectivity index (χ4n) is 7.40. The van der Waals surface area contributed by atoms with Gasteiger partial charge in [-0.15, -0.1) is 0 Å². The predicted molar refractivity (Wildman–Crippen MR) is 165 cm³/mol. The highest BCUT2D eigenvalue weighted by Gasteiger charge is 2.56. The van der Waals surface area contributed by atoms with E-state index in [-0.39, 0.29) is 47.1 Å². The van der Waals surface area contributed by atoms with Crippen LogP contribution in [0.15, 0.2) is 107 Å². The van der Waals surface area contributed by atoms with Gasteiger partial charge < -0.3 is 9.84 Å². The maximum atomic E-state index is 14.2. The molecule has 8 nitrogen and oxygen atoms in total. The Morgan fingerprint density at radius 3 is 2.29 bits per heavy atom. The Morgan fingerprint density at radius 2 is 1.60 bits per heavy atom. The second-order valence-corrected chi connectivity index (χ2v) is 11.9. The van der Waals surface area contributed by atoms with Crippen LogP contribution < -0.4 is 9.64 Å². The third-order valence-electron chi connectivity index (χ3n) is 9.52. The molecule has 0 aromatic heterocycles. The van der Waals surface area contributed by atoms with Gasteiger partial charge in [-0.2, -0.15) is 0 Å². The van der Waals surface area contributed by atoms with E-state index in [1.54, 1.807) is 67.6 Å². The Balaban J connectivity index is 1.26. The number of allylic oxidation sites excluding steroid dienone is 6. The minimum atomic E-state index is -0.735. The maximum absolute atomic E-state index is 14.2. The Bertz CT molecular complexity index is 1920. The number of nitrogens with zero attached hydrogens (tertiary/aromatic N) is 1. The van der Waals surface area contributed by atoms with Crippen molar-refractivity contribution in [2.75, 3.05) is 12.0 Å². The molecule has 3 aromatic rings. The highest BCUT2D eigenvalue weighted by molar-refractivity contribution is 6.25. The van der Waals surface area contributed by atoms with Crippen molar-refractivity contribution in [3.8, 4) is 11.5 Å². The van der Waals surface area contributed by atoms with Crippen molar-refractivity contribution in [1.29, 1.82) is 0 Å². The molecule has 7 rings (SSSR count). The molecule has 1 heterocycles. The molecule has 0 saturated carbocycles. The summed E-state index contributed by atoms with van der Waals surface area (Å²) in [6.45, 7) is 1.61. The lowest BCUT2D eigenvalue weighted by molar-refractivity contribution is -0.123. The van der Waals surface area contributed by atoms with Gasteiger partial charge in [-0.25, -0.2) is 0 Å². The summed E-state index contributed by atoms with van der Waals surface area (Å²) < 4.78 is 5.22. The van der Waals surface area contributed by atoms with Gasteiger partial charge in [0.05, 0.1) is 24.6 Å². The number of benzene rings is 3. The van der Waals surface area contributed by atoms with Gasteiger partial charge in [0.1, 0.15) is 0 Å². The summed E-state index contributed by atoms with van der Waals surface area (Å²) in [7, 11) is 1.44. The first kappa shape index (κ1) is 28.4. The van der Waals surface area contributed by atoms with Crippen molar-refractivity contribution in [3.05, 3.63) is 124 Å². The monoisotopic (exact) mass is 599 g/mol. The van der Waals surface area contributed by atoms with Gasteiger partial charge in [0.2, 0.25) is 11.8 Å². The minimum absolute atomic E-state index is 0.108. The number of rotatable bonds is 5. The molecule has 1 fully saturated rings. The molecular weight excluding hydrogens is 570 g/mol. The Morgan fingerprint density at radius 1 is 0.889 bits per heavy atom. The topological polar surface area (TPSA) is 118 Å². The molecular formula is C37H29NO7. The quantitative estimate of drug-likeness (QED) is 0.184. The number of carbonyl (C=O) groups is 5. The molecule has 1 aliphatic heterocycles. The molecule has 4 atom stereocenters. The SMILES string of the molecule is COc1ccc([C@H]2C3=CC[C@@H]4C(=O)N(c5ccc(C(=O)c6ccccc6)cc5)C(=O)[C@@H]4[C@@H]3CC3=C2C(=O)C(C)=CC3=O)cc1O. The van der Waals surface area contributed by atoms with Crippen LogP contribution in [0.2, 0.25) is 0 Å². The van der Waals surface area contributed by atoms with Crippen molar-refractivity contribution in [3.63, 3.8) is 0 Å². The van der Waals surface area contributed by atoms with Crippen LogP contribution in [0.25, 0.3) is 0 Å². The van der Waals surface area contributed by atoms with E-state index in [0.29, 0.717) is 45.5 Å². The number of ketones is 3. The zero-order valence-electron chi connectivity index (χ0n) is 24.7. The van der Waals surface area contributed by atoms with E-state index in [1.165, 1.54) is 24.2 Å². The minimum Gasteiger partial charge on any atom is -0.504 e. The summed E-state index contributed by atoms with van der Waals surface area (Å²) in [4.78, 5) is 69.0. The molecule has 1 saturated heterocycles. The summed E-state index contributed by atoms with van der Waals surface area (Å²) in [5.74, 6) is -3.76. The Hall–Kier alpha value is -5.37. The van der Waals surface area contributed by atoms with Crippen LogP contribution in [0.4, 0.5) is 5.69 Å². The molecule has 1 N–H and O–H groups in total. The summed E-state index contributed by atoms with van der Waals surface area (Å²) in [5.41, 5.74) is 3.78. The van der Waals surface area contributed by atoms with E-state index in [2.05, 4.69) is 0 Å². The number of carbonyl (C=O) groups excluding carboxylic acids is 5. The molecule has 0 radical (unpaired) electrons. The molecule has 8 heteroatoms. The molecule has 3 aliphatic carbocycles. The lowest BCUT2D eigenvalue weighted by atomic mass is 9.59. The van der Waals surface area contributed by atoms with Gasteiger partial charge in [-0.05, 0) is 73.7 Å². The molecule has 0 spiro atoms. The van der Waals surface area contributed by atoms with Gasteiger partial charge >= 0.3 is 0 Å². The number of aromatic hydroxyl groups is 1. The number of hydrogen-bond donors (Lipinski definition) is 1. The van der Waals surface area contributed by atoms with Gasteiger partial charge in [-0.3, -0.25) is 28.9 Å². The first-order valence-corrected chi connectivity index (χ1v) is 14.8. The predicted octanol–water partition coefficient (Wildman–Crippen LogP) is 5.27. The largest absolute Gasteiger partial charge is 0.504 e. The van der Waals surface area contributed by atoms with Crippen LogP contribution in [-0.4, -0.2) is 41.4 Å². The summed E-state index contributed by atoms with van der Waals surface area (Å²) >= 11 is 0. The van der Waals surface area contributed by atoms with Gasteiger partial charge in [0, 0.05) is 33.8 Å². The highest BCUT2D eigenvalue weighted by Crippen LogP contribution is 2.55. The van der Waals surface area contributed by atoms with E-state index in [9.17, 15) is 29.1 Å². The fraction of sp³-hybridized carbons (Fsp3) is 0.216. The van der Waals surface area contributed by atoms with E-state index in [1.807, 2.05) is 12.1 Å². The van der Waals surface area contributed by atoms with Crippen LogP contribution in [-0.2, 0) is 19.2 Å². The number of Topliss-reactive ketones (excluding diaryl/α,β-unsaturated/α-hetero) is 1. The van der Waals surface area contributed by atoms with Crippen LogP contribution in [0.5, 0.6) is 11.5 Å². The van der Waals surface area contributed by atoms with E-state index < -0.39 is 23.7 Å². The second-order valence-electron chi connectivity index (χ2n) is 11.9. The molecule has 45 heavy (non-hydrogen) atoms. The van der Waals surface area contributed by atoms with Crippen LogP contribution in [0.1, 0.15) is 47.2 Å². The second kappa shape index (κ2) is 10.7. The number of anilines is 1. The Labute approximate surface area is 259 Å². The number of amides is 2. The first-order valence-electron chi connectivity index (χ1n) is 14.8. The Kier molecular flexibility index (Phi) is 6.73. The molecule has 224 valence electrons. The molecule has 0 unspecified atom stereocenters. The number of phenolic OH excluding ortho intramolecular Hbond substituents is 1. The molecule has 0 bridgehead atoms. The number of phenols is 1. The van der Waals surface area contributed by atoms with E-state index in [4.69, 9.17) is 4.74 Å². The van der Waals surface area contributed by atoms with Gasteiger partial charge in [-0.1, -0.05) is 48.0 Å². The average Bonchev–Trinajstić information content (AvgIpc) is 3.32. The van der Waals surface area contributed by atoms with Crippen molar-refractivity contribution in [2.24, 2.45) is 17.8 Å². The van der Waals surface area contributed by atoms with Crippen molar-refractivity contribution in [2.45, 2.75) is 25.7 Å². The van der Waals surface area contributed by atoms with Gasteiger partial charge in [0.15, 0.2) is 28.8 Å². The van der Waals surface area contributed by atoms with Crippen molar-refractivity contribution in [1.82, 2.24) is 0 Å². The van der Waals surface area contributed by atoms with Crippen LogP contribution in [0.3, 0.4) is 0 Å². The highest BCUT2D eigenvalue weighted by atomic mass is 16.5. The fourth-order valence-corrected chi connectivity index (χ4v) is 7.40. The first-order chi connectivity index (χ1) is 21.7. The number of methoxy groups -OCH3 is 1. The molecule has 3 aromatic carbocycles. The van der Waals surface area contributed by atoms with Crippen LogP contribution >= 0.6 is 0 Å².